The van der Waals surface area contributed by atoms with Crippen LogP contribution in [0.4, 0.5) is 0 Å². The number of pyridine rings is 1. The Morgan fingerprint density at radius 3 is 2.65 bits per heavy atom. The van der Waals surface area contributed by atoms with Gasteiger partial charge in [-0.25, -0.2) is 9.97 Å². The molecule has 0 unspecified atom stereocenters. The molecule has 0 saturated carbocycles. The molecule has 4 N–H and O–H groups in total. The van der Waals surface area contributed by atoms with Crippen molar-refractivity contribution in [3.8, 4) is 0 Å². The molecule has 2 bridgehead atoms. The summed E-state index contributed by atoms with van der Waals surface area (Å²) in [6, 6.07) is 2.49. The monoisotopic (exact) mass is 551 g/mol. The smallest absolute Gasteiger partial charge is 0.274 e. The fourth-order valence-electron chi connectivity index (χ4n) is 4.38. The number of hydrogen-bond donors (Lipinski definition) is 4. The summed E-state index contributed by atoms with van der Waals surface area (Å²) in [6.45, 7) is 7.15. The first-order valence-corrected chi connectivity index (χ1v) is 13.2. The average Bonchev–Trinajstić information content (AvgIpc) is 3.31. The number of aryl methyl sites for hydroxylation is 1. The van der Waals surface area contributed by atoms with Crippen molar-refractivity contribution in [3.63, 3.8) is 0 Å². The molecule has 1 aliphatic rings. The third-order valence-electron chi connectivity index (χ3n) is 6.70. The number of fused-ring (bicyclic) bond motifs is 3. The Hall–Kier alpha value is -4.55. The number of hydrogen-bond acceptors (Lipinski definition) is 8. The number of oxazole rings is 1. The molecule has 13 nitrogen and oxygen atoms in total. The van der Waals surface area contributed by atoms with Crippen LogP contribution in [-0.4, -0.2) is 56.6 Å². The van der Waals surface area contributed by atoms with Crippen LogP contribution < -0.4 is 26.8 Å². The van der Waals surface area contributed by atoms with E-state index in [1.165, 1.54) is 16.8 Å². The lowest BCUT2D eigenvalue weighted by Crippen LogP contribution is -2.49. The van der Waals surface area contributed by atoms with Crippen molar-refractivity contribution in [1.29, 1.82) is 0 Å². The Bertz CT molecular complexity index is 1490. The minimum absolute atomic E-state index is 0.00998. The zero-order valence-corrected chi connectivity index (χ0v) is 22.8. The van der Waals surface area contributed by atoms with E-state index in [1.54, 1.807) is 32.0 Å². The van der Waals surface area contributed by atoms with Crippen molar-refractivity contribution in [1.82, 2.24) is 35.6 Å². The van der Waals surface area contributed by atoms with Gasteiger partial charge in [0.05, 0.1) is 0 Å². The van der Waals surface area contributed by atoms with Gasteiger partial charge < -0.3 is 25.7 Å². The average molecular weight is 552 g/mol. The van der Waals surface area contributed by atoms with Crippen molar-refractivity contribution >= 4 is 29.3 Å². The Morgan fingerprint density at radius 1 is 1.12 bits per heavy atom. The number of rotatable bonds is 3. The second-order valence-electron chi connectivity index (χ2n) is 10.1. The highest BCUT2D eigenvalue weighted by atomic mass is 16.4. The third-order valence-corrected chi connectivity index (χ3v) is 6.70. The van der Waals surface area contributed by atoms with Gasteiger partial charge in [0.25, 0.3) is 17.4 Å². The Balaban J connectivity index is 1.63. The van der Waals surface area contributed by atoms with Crippen molar-refractivity contribution in [2.24, 2.45) is 5.92 Å². The molecule has 0 saturated heterocycles. The molecule has 4 heterocycles. The summed E-state index contributed by atoms with van der Waals surface area (Å²) in [5.74, 6) is -2.01. The molecule has 40 heavy (non-hydrogen) atoms. The first-order chi connectivity index (χ1) is 19.1. The van der Waals surface area contributed by atoms with Gasteiger partial charge in [0.2, 0.25) is 17.7 Å². The summed E-state index contributed by atoms with van der Waals surface area (Å²) in [5.41, 5.74) is -0.369. The van der Waals surface area contributed by atoms with Gasteiger partial charge >= 0.3 is 0 Å². The zero-order valence-electron chi connectivity index (χ0n) is 22.8. The van der Waals surface area contributed by atoms with E-state index in [1.807, 2.05) is 13.8 Å². The first kappa shape index (κ1) is 28.5. The predicted molar refractivity (Wildman–Crippen MR) is 143 cm³/mol. The van der Waals surface area contributed by atoms with E-state index in [9.17, 15) is 24.0 Å². The topological polar surface area (TPSA) is 177 Å². The van der Waals surface area contributed by atoms with Gasteiger partial charge in [-0.3, -0.25) is 28.4 Å². The van der Waals surface area contributed by atoms with Crippen LogP contribution in [0.3, 0.4) is 0 Å². The number of carbonyl (C=O) groups excluding carboxylic acids is 4. The van der Waals surface area contributed by atoms with Crippen molar-refractivity contribution in [2.45, 2.75) is 65.1 Å². The van der Waals surface area contributed by atoms with Crippen LogP contribution in [0.5, 0.6) is 0 Å². The summed E-state index contributed by atoms with van der Waals surface area (Å²) in [5, 5.41) is 10.9. The van der Waals surface area contributed by atoms with E-state index in [4.69, 9.17) is 4.42 Å². The van der Waals surface area contributed by atoms with Crippen LogP contribution in [0.1, 0.15) is 78.6 Å². The quantitative estimate of drug-likeness (QED) is 0.373. The molecule has 0 fully saturated rings. The lowest BCUT2D eigenvalue weighted by atomic mass is 10.0. The standard InChI is InChI=1S/C27H33N7O6/c1-14(2)20-26-33-21(16(4)40-26)25(38)30-15(3)22(35)28-11-7-5-9-18(24(37)32-20)31-23(36)17-13-29-19-10-6-8-12-34(19)27(17)39/h6,8,10,12-15,18,20H,5,7,9,11H2,1-4H3,(H,28,35)(H,30,38)(H,31,36)(H,32,37)/t15-,18+,20+/m1/s1. The fourth-order valence-corrected chi connectivity index (χ4v) is 4.38. The van der Waals surface area contributed by atoms with Gasteiger partial charge in [-0.2, -0.15) is 0 Å². The molecule has 0 aromatic carbocycles. The van der Waals surface area contributed by atoms with E-state index >= 15 is 0 Å². The molecule has 0 radical (unpaired) electrons. The third kappa shape index (κ3) is 6.19. The van der Waals surface area contributed by atoms with Gasteiger partial charge in [0.1, 0.15) is 35.1 Å². The molecule has 4 rings (SSSR count). The van der Waals surface area contributed by atoms with E-state index in [2.05, 4.69) is 31.2 Å². The van der Waals surface area contributed by atoms with Gasteiger partial charge in [-0.05, 0) is 51.2 Å². The van der Waals surface area contributed by atoms with E-state index in [0.717, 1.165) is 0 Å². The maximum absolute atomic E-state index is 13.5. The second kappa shape index (κ2) is 12.1. The molecule has 0 spiro atoms. The van der Waals surface area contributed by atoms with E-state index in [0.29, 0.717) is 25.0 Å². The van der Waals surface area contributed by atoms with Crippen LogP contribution in [0, 0.1) is 12.8 Å². The lowest BCUT2D eigenvalue weighted by Gasteiger charge is -2.24. The largest absolute Gasteiger partial charge is 0.443 e. The molecule has 13 heteroatoms. The maximum Gasteiger partial charge on any atom is 0.274 e. The predicted octanol–water partition coefficient (Wildman–Crippen LogP) is 1.02. The number of amides is 4. The van der Waals surface area contributed by atoms with Crippen LogP contribution in [-0.2, 0) is 9.59 Å². The Kier molecular flexibility index (Phi) is 8.61. The number of nitrogens with zero attached hydrogens (tertiary/aromatic N) is 3. The van der Waals surface area contributed by atoms with Crippen LogP contribution in [0.2, 0.25) is 0 Å². The molecule has 3 aromatic heterocycles. The number of carbonyl (C=O) groups is 4. The minimum atomic E-state index is -1.01. The molecular weight excluding hydrogens is 518 g/mol. The summed E-state index contributed by atoms with van der Waals surface area (Å²) in [4.78, 5) is 73.4. The molecule has 212 valence electrons. The molecule has 4 amide bonds. The van der Waals surface area contributed by atoms with E-state index in [-0.39, 0.29) is 41.2 Å². The van der Waals surface area contributed by atoms with E-state index < -0.39 is 41.4 Å². The van der Waals surface area contributed by atoms with Crippen molar-refractivity contribution in [2.75, 3.05) is 6.54 Å². The highest BCUT2D eigenvalue weighted by molar-refractivity contribution is 5.98. The first-order valence-electron chi connectivity index (χ1n) is 13.2. The number of aromatic nitrogens is 3. The second-order valence-corrected chi connectivity index (χ2v) is 10.1. The van der Waals surface area contributed by atoms with Gasteiger partial charge in [0, 0.05) is 18.9 Å². The summed E-state index contributed by atoms with van der Waals surface area (Å²) in [7, 11) is 0. The van der Waals surface area contributed by atoms with Gasteiger partial charge in [-0.15, -0.1) is 0 Å². The van der Waals surface area contributed by atoms with Gasteiger partial charge in [-0.1, -0.05) is 19.9 Å². The molecule has 3 aromatic rings. The van der Waals surface area contributed by atoms with Crippen LogP contribution in [0.15, 0.2) is 39.8 Å². The lowest BCUT2D eigenvalue weighted by molar-refractivity contribution is -0.124. The van der Waals surface area contributed by atoms with Crippen molar-refractivity contribution < 1.29 is 23.6 Å². The molecule has 3 atom stereocenters. The molecule has 0 aliphatic carbocycles. The highest BCUT2D eigenvalue weighted by Crippen LogP contribution is 2.24. The normalized spacial score (nSPS) is 21.0. The summed E-state index contributed by atoms with van der Waals surface area (Å²) >= 11 is 0. The SMILES string of the molecule is Cc1oc2nc1C(=O)N[C@H](C)C(=O)NCCCC[C@H](NC(=O)c1cnc3ccccn3c1=O)C(=O)N[C@H]2C(C)C. The minimum Gasteiger partial charge on any atom is -0.443 e. The zero-order chi connectivity index (χ0) is 29.0. The molecule has 1 aliphatic heterocycles. The maximum atomic E-state index is 13.5. The van der Waals surface area contributed by atoms with Crippen LogP contribution in [0.25, 0.3) is 5.65 Å². The Morgan fingerprint density at radius 2 is 1.90 bits per heavy atom. The van der Waals surface area contributed by atoms with Crippen LogP contribution >= 0.6 is 0 Å². The summed E-state index contributed by atoms with van der Waals surface area (Å²) in [6.07, 6.45) is 3.93. The number of nitrogens with one attached hydrogen (secondary N) is 4. The Labute approximate surface area is 230 Å². The molecular formula is C27H33N7O6. The summed E-state index contributed by atoms with van der Waals surface area (Å²) < 4.78 is 7.02. The highest BCUT2D eigenvalue weighted by Gasteiger charge is 2.31. The van der Waals surface area contributed by atoms with Crippen molar-refractivity contribution in [3.05, 3.63) is 63.9 Å². The fraction of sp³-hybridized carbons (Fsp3) is 0.444. The van der Waals surface area contributed by atoms with Gasteiger partial charge in [0.15, 0.2) is 5.69 Å².